The van der Waals surface area contributed by atoms with Gasteiger partial charge in [-0.1, -0.05) is 27.4 Å². The average Bonchev–Trinajstić information content (AvgIpc) is 2.14. The third kappa shape index (κ3) is 3.77. The van der Waals surface area contributed by atoms with Gasteiger partial charge < -0.3 is 10.5 Å². The van der Waals surface area contributed by atoms with Gasteiger partial charge in [0.1, 0.15) is 6.61 Å². The Morgan fingerprint density at radius 1 is 1.41 bits per heavy atom. The van der Waals surface area contributed by atoms with Gasteiger partial charge in [0, 0.05) is 0 Å². The van der Waals surface area contributed by atoms with E-state index in [9.17, 15) is 0 Å². The Hall–Kier alpha value is -0.960. The summed E-state index contributed by atoms with van der Waals surface area (Å²) in [5.74, 6) is 0.695. The molecule has 0 radical (unpaired) electrons. The molecular weight excluding hydrogens is 278 g/mol. The van der Waals surface area contributed by atoms with Crippen LogP contribution in [0.4, 0.5) is 5.69 Å². The molecule has 17 heavy (non-hydrogen) atoms. The summed E-state index contributed by atoms with van der Waals surface area (Å²) in [5.41, 5.74) is 8.90. The zero-order valence-electron chi connectivity index (χ0n) is 10.9. The third-order valence-electron chi connectivity index (χ3n) is 2.40. The van der Waals surface area contributed by atoms with Gasteiger partial charge in [0.15, 0.2) is 5.75 Å². The summed E-state index contributed by atoms with van der Waals surface area (Å²) in [4.78, 5) is 0. The summed E-state index contributed by atoms with van der Waals surface area (Å²) >= 11 is 3.51. The lowest BCUT2D eigenvalue weighted by atomic mass is 9.87. The van der Waals surface area contributed by atoms with E-state index in [-0.39, 0.29) is 5.41 Å². The molecule has 94 valence electrons. The van der Waals surface area contributed by atoms with E-state index in [0.29, 0.717) is 18.0 Å². The van der Waals surface area contributed by atoms with Crippen LogP contribution in [-0.4, -0.2) is 6.61 Å². The number of ether oxygens (including phenoxy) is 1. The predicted octanol–water partition coefficient (Wildman–Crippen LogP) is 4.28. The zero-order valence-corrected chi connectivity index (χ0v) is 12.5. The van der Waals surface area contributed by atoms with Gasteiger partial charge in [-0.2, -0.15) is 0 Å². The van der Waals surface area contributed by atoms with Gasteiger partial charge in [0.2, 0.25) is 0 Å². The number of halogens is 1. The van der Waals surface area contributed by atoms with Crippen molar-refractivity contribution in [3.05, 3.63) is 34.3 Å². The first-order valence-corrected chi connectivity index (χ1v) is 6.38. The van der Waals surface area contributed by atoms with Crippen molar-refractivity contribution in [1.29, 1.82) is 0 Å². The van der Waals surface area contributed by atoms with Crippen LogP contribution in [0.25, 0.3) is 0 Å². The van der Waals surface area contributed by atoms with Crippen LogP contribution in [0.2, 0.25) is 0 Å². The first kappa shape index (κ1) is 14.1. The molecule has 0 amide bonds. The largest absolute Gasteiger partial charge is 0.486 e. The Morgan fingerprint density at radius 3 is 2.41 bits per heavy atom. The van der Waals surface area contributed by atoms with Crippen LogP contribution in [-0.2, 0) is 5.41 Å². The highest BCUT2D eigenvalue weighted by atomic mass is 79.9. The maximum absolute atomic E-state index is 6.02. The highest BCUT2D eigenvalue weighted by Gasteiger charge is 2.17. The first-order valence-electron chi connectivity index (χ1n) is 5.58. The van der Waals surface area contributed by atoms with E-state index in [1.165, 1.54) is 5.56 Å². The average molecular weight is 298 g/mol. The zero-order chi connectivity index (χ0) is 13.2. The number of anilines is 1. The van der Waals surface area contributed by atoms with Crippen LogP contribution in [0, 0.1) is 0 Å². The first-order chi connectivity index (χ1) is 7.71. The van der Waals surface area contributed by atoms with Crippen LogP contribution in [0.5, 0.6) is 5.75 Å². The lowest BCUT2D eigenvalue weighted by Crippen LogP contribution is -2.12. The van der Waals surface area contributed by atoms with Crippen molar-refractivity contribution >= 4 is 21.6 Å². The Labute approximate surface area is 112 Å². The van der Waals surface area contributed by atoms with E-state index < -0.39 is 0 Å². The van der Waals surface area contributed by atoms with Gasteiger partial charge in [0.25, 0.3) is 0 Å². The molecule has 0 unspecified atom stereocenters. The molecule has 0 fully saturated rings. The standard InChI is InChI=1S/C14H20BrNO/c1-9(2)8-17-13-11(15)6-10(7-12(13)16)14(3,4)5/h6-7H,1,8,16H2,2-5H3. The molecule has 0 aliphatic carbocycles. The van der Waals surface area contributed by atoms with E-state index in [4.69, 9.17) is 10.5 Å². The minimum absolute atomic E-state index is 0.0729. The third-order valence-corrected chi connectivity index (χ3v) is 2.99. The monoisotopic (exact) mass is 297 g/mol. The number of rotatable bonds is 3. The molecule has 1 rings (SSSR count). The Morgan fingerprint density at radius 2 is 2.00 bits per heavy atom. The fraction of sp³-hybridized carbons (Fsp3) is 0.429. The van der Waals surface area contributed by atoms with Gasteiger partial charge in [-0.25, -0.2) is 0 Å². The normalized spacial score (nSPS) is 11.4. The Bertz CT molecular complexity index is 409. The second kappa shape index (κ2) is 5.13. The fourth-order valence-electron chi connectivity index (χ4n) is 1.40. The second-order valence-corrected chi connectivity index (χ2v) is 6.23. The molecule has 2 N–H and O–H groups in total. The van der Waals surface area contributed by atoms with Crippen molar-refractivity contribution in [2.75, 3.05) is 12.3 Å². The lowest BCUT2D eigenvalue weighted by Gasteiger charge is -2.21. The summed E-state index contributed by atoms with van der Waals surface area (Å²) in [7, 11) is 0. The number of hydrogen-bond acceptors (Lipinski definition) is 2. The summed E-state index contributed by atoms with van der Waals surface area (Å²) in [5, 5.41) is 0. The number of nitrogen functional groups attached to an aromatic ring is 1. The molecule has 0 atom stereocenters. The van der Waals surface area contributed by atoms with Crippen molar-refractivity contribution in [2.45, 2.75) is 33.1 Å². The van der Waals surface area contributed by atoms with E-state index in [1.807, 2.05) is 13.0 Å². The summed E-state index contributed by atoms with van der Waals surface area (Å²) in [6.07, 6.45) is 0. The Kier molecular flexibility index (Phi) is 4.26. The maximum Gasteiger partial charge on any atom is 0.156 e. The molecular formula is C14H20BrNO. The van der Waals surface area contributed by atoms with E-state index in [1.54, 1.807) is 0 Å². The van der Waals surface area contributed by atoms with E-state index >= 15 is 0 Å². The van der Waals surface area contributed by atoms with Crippen LogP contribution >= 0.6 is 15.9 Å². The molecule has 0 saturated carbocycles. The lowest BCUT2D eigenvalue weighted by molar-refractivity contribution is 0.352. The van der Waals surface area contributed by atoms with Gasteiger partial charge >= 0.3 is 0 Å². The smallest absolute Gasteiger partial charge is 0.156 e. The second-order valence-electron chi connectivity index (χ2n) is 5.37. The van der Waals surface area contributed by atoms with Crippen molar-refractivity contribution < 1.29 is 4.74 Å². The number of benzene rings is 1. The maximum atomic E-state index is 6.02. The molecule has 0 heterocycles. The Balaban J connectivity index is 3.07. The van der Waals surface area contributed by atoms with Crippen molar-refractivity contribution in [3.63, 3.8) is 0 Å². The topological polar surface area (TPSA) is 35.2 Å². The SMILES string of the molecule is C=C(C)COc1c(N)cc(C(C)(C)C)cc1Br. The predicted molar refractivity (Wildman–Crippen MR) is 77.6 cm³/mol. The number of hydrogen-bond donors (Lipinski definition) is 1. The molecule has 0 saturated heterocycles. The molecule has 0 aromatic heterocycles. The molecule has 0 spiro atoms. The van der Waals surface area contributed by atoms with E-state index in [2.05, 4.69) is 49.3 Å². The highest BCUT2D eigenvalue weighted by Crippen LogP contribution is 2.36. The van der Waals surface area contributed by atoms with Gasteiger partial charge in [-0.15, -0.1) is 0 Å². The van der Waals surface area contributed by atoms with Crippen LogP contribution in [0.3, 0.4) is 0 Å². The fourth-order valence-corrected chi connectivity index (χ4v) is 1.99. The summed E-state index contributed by atoms with van der Waals surface area (Å²) in [6, 6.07) is 4.03. The van der Waals surface area contributed by atoms with Gasteiger partial charge in [-0.3, -0.25) is 0 Å². The van der Waals surface area contributed by atoms with Crippen LogP contribution < -0.4 is 10.5 Å². The van der Waals surface area contributed by atoms with Crippen LogP contribution in [0.15, 0.2) is 28.8 Å². The quantitative estimate of drug-likeness (QED) is 0.667. The van der Waals surface area contributed by atoms with Crippen molar-refractivity contribution in [2.24, 2.45) is 0 Å². The van der Waals surface area contributed by atoms with Gasteiger partial charge in [-0.05, 0) is 51.5 Å². The molecule has 2 nitrogen and oxygen atoms in total. The molecule has 3 heteroatoms. The summed E-state index contributed by atoms with van der Waals surface area (Å²) < 4.78 is 6.52. The molecule has 1 aromatic carbocycles. The van der Waals surface area contributed by atoms with Gasteiger partial charge in [0.05, 0.1) is 10.2 Å². The molecule has 1 aromatic rings. The molecule has 0 aliphatic rings. The molecule has 0 aliphatic heterocycles. The van der Waals surface area contributed by atoms with E-state index in [0.717, 1.165) is 10.0 Å². The number of nitrogens with two attached hydrogens (primary N) is 1. The highest BCUT2D eigenvalue weighted by molar-refractivity contribution is 9.10. The minimum Gasteiger partial charge on any atom is -0.486 e. The summed E-state index contributed by atoms with van der Waals surface area (Å²) in [6.45, 7) is 12.7. The van der Waals surface area contributed by atoms with Crippen molar-refractivity contribution in [1.82, 2.24) is 0 Å². The van der Waals surface area contributed by atoms with Crippen molar-refractivity contribution in [3.8, 4) is 5.75 Å². The minimum atomic E-state index is 0.0729. The molecule has 0 bridgehead atoms. The van der Waals surface area contributed by atoms with Crippen LogP contribution in [0.1, 0.15) is 33.3 Å².